The van der Waals surface area contributed by atoms with E-state index in [0.717, 1.165) is 0 Å². The molecule has 44 nitrogen and oxygen atoms in total. The highest BCUT2D eigenvalue weighted by atomic mass is 16.7. The fourth-order valence-electron chi connectivity index (χ4n) is 11.9. The molecule has 4 aliphatic heterocycles. The number of hydrogen-bond acceptors (Lipinski definition) is 44. The Morgan fingerprint density at radius 1 is 0.304 bits per heavy atom. The monoisotopic (exact) mass is 1570 g/mol. The number of hydrogen-bond donors (Lipinski definition) is 25. The van der Waals surface area contributed by atoms with Crippen LogP contribution in [0.15, 0.2) is 66.7 Å². The number of phenols is 23. The third kappa shape index (κ3) is 13.2. The number of carbonyl (C=O) groups excluding carboxylic acids is 8. The first-order valence-electron chi connectivity index (χ1n) is 31.1. The molecule has 586 valence electrons. The molecule has 4 aliphatic rings. The van der Waals surface area contributed by atoms with Gasteiger partial charge in [0.25, 0.3) is 0 Å². The van der Waals surface area contributed by atoms with Crippen molar-refractivity contribution in [1.82, 2.24) is 0 Å². The van der Waals surface area contributed by atoms with E-state index < -0.39 is 333 Å². The lowest BCUT2D eigenvalue weighted by Crippen LogP contribution is -2.62. The molecule has 112 heavy (non-hydrogen) atoms. The molecule has 0 bridgehead atoms. The van der Waals surface area contributed by atoms with Crippen LogP contribution in [-0.2, 0) is 47.4 Å². The third-order valence-electron chi connectivity index (χ3n) is 17.4. The number of aliphatic hydroxyl groups is 2. The summed E-state index contributed by atoms with van der Waals surface area (Å²) in [4.78, 5) is 115. The van der Waals surface area contributed by atoms with Gasteiger partial charge >= 0.3 is 47.8 Å². The first-order valence-corrected chi connectivity index (χ1v) is 31.1. The van der Waals surface area contributed by atoms with Crippen LogP contribution < -0.4 is 4.74 Å². The van der Waals surface area contributed by atoms with Gasteiger partial charge in [-0.25, -0.2) is 38.4 Å². The van der Waals surface area contributed by atoms with Crippen LogP contribution in [-0.4, -0.2) is 250 Å². The standard InChI is InChI=1S/C68H50O44/c69-22-1-14(2-23(70)39(22)79)59(92)109-55-53-34(105-67(100)57(55)111-61(94)16-5-26(73)41(81)27(74)6-16)13-103-63(96)20-11-32(46(86)50(90)38(20)37-19(65(98)107-53)9-30(77)44(84)49(37)89)104-52-21(10-31(78)45(85)51(52)91)66(99)112-58-56(110-60(93)15-3-24(71)40(80)25(72)4-15)54-33(106-68(58)101)12-102-62(95)17-7-28(75)42(82)47(87)35(17)36-18(64(97)108-54)8-29(76)43(83)48(36)88/h1-11,33-34,53-58,67-91,100-101H,12-13H2/t33?,34?,53-,54-,55?,56?,57+,58+,67?,68?/m1/s1. The number of cyclic esters (lactones) is 2. The summed E-state index contributed by atoms with van der Waals surface area (Å²) in [6.07, 6.45) is -26.1. The van der Waals surface area contributed by atoms with E-state index in [4.69, 9.17) is 52.1 Å². The average Bonchev–Trinajstić information content (AvgIpc) is 1.14. The van der Waals surface area contributed by atoms with Crippen molar-refractivity contribution in [3.63, 3.8) is 0 Å². The maximum Gasteiger partial charge on any atom is 0.342 e. The molecule has 25 N–H and O–H groups in total. The average molecular weight is 1570 g/mol. The number of ether oxygens (including phenoxy) is 11. The predicted octanol–water partition coefficient (Wildman–Crippen LogP) is 1.77. The van der Waals surface area contributed by atoms with Crippen LogP contribution in [0, 0.1) is 0 Å². The summed E-state index contributed by atoms with van der Waals surface area (Å²) in [5.41, 5.74) is -14.2. The van der Waals surface area contributed by atoms with Crippen LogP contribution in [0.4, 0.5) is 0 Å². The van der Waals surface area contributed by atoms with E-state index in [2.05, 4.69) is 0 Å². The lowest BCUT2D eigenvalue weighted by Gasteiger charge is -2.42. The Morgan fingerprint density at radius 2 is 0.580 bits per heavy atom. The maximum atomic E-state index is 15.0. The lowest BCUT2D eigenvalue weighted by atomic mass is 9.91. The number of aliphatic hydroxyl groups excluding tert-OH is 2. The molecule has 4 heterocycles. The van der Waals surface area contributed by atoms with Crippen LogP contribution in [0.2, 0.25) is 0 Å². The molecular weight excluding hydrogens is 1520 g/mol. The first kappa shape index (κ1) is 76.2. The topological polar surface area (TPSA) is 744 Å². The van der Waals surface area contributed by atoms with Gasteiger partial charge in [-0.1, -0.05) is 0 Å². The van der Waals surface area contributed by atoms with E-state index in [1.807, 2.05) is 0 Å². The normalized spacial score (nSPS) is 20.7. The van der Waals surface area contributed by atoms with Crippen molar-refractivity contribution in [3.05, 3.63) is 111 Å². The Morgan fingerprint density at radius 3 is 0.929 bits per heavy atom. The molecule has 0 aliphatic carbocycles. The van der Waals surface area contributed by atoms with Crippen LogP contribution in [0.25, 0.3) is 22.3 Å². The van der Waals surface area contributed by atoms with Gasteiger partial charge in [-0.2, -0.15) is 0 Å². The summed E-state index contributed by atoms with van der Waals surface area (Å²) >= 11 is 0. The second-order valence-corrected chi connectivity index (χ2v) is 24.2. The highest BCUT2D eigenvalue weighted by molar-refractivity contribution is 6.10. The molecule has 0 spiro atoms. The summed E-state index contributed by atoms with van der Waals surface area (Å²) in [5, 5.41) is 271. The highest BCUT2D eigenvalue weighted by Crippen LogP contribution is 2.58. The second kappa shape index (κ2) is 28.4. The van der Waals surface area contributed by atoms with Crippen LogP contribution in [0.3, 0.4) is 0 Å². The van der Waals surface area contributed by atoms with Gasteiger partial charge < -0.3 is 180 Å². The Balaban J connectivity index is 0.941. The van der Waals surface area contributed by atoms with Crippen molar-refractivity contribution in [2.24, 2.45) is 0 Å². The zero-order chi connectivity index (χ0) is 81.7. The smallest absolute Gasteiger partial charge is 0.342 e. The Hall–Kier alpha value is -15.4. The van der Waals surface area contributed by atoms with Crippen molar-refractivity contribution in [2.45, 2.75) is 61.4 Å². The summed E-state index contributed by atoms with van der Waals surface area (Å²) in [7, 11) is 0. The van der Waals surface area contributed by atoms with Crippen LogP contribution in [0.1, 0.15) is 82.9 Å². The predicted molar refractivity (Wildman–Crippen MR) is 345 cm³/mol. The van der Waals surface area contributed by atoms with Gasteiger partial charge in [0.15, 0.2) is 158 Å². The van der Waals surface area contributed by atoms with Crippen LogP contribution >= 0.6 is 0 Å². The Bertz CT molecular complexity index is 5320. The minimum atomic E-state index is -2.88. The molecule has 2 saturated heterocycles. The molecule has 44 heteroatoms. The molecular formula is C68H50O44. The van der Waals surface area contributed by atoms with Crippen molar-refractivity contribution in [2.75, 3.05) is 13.2 Å². The maximum absolute atomic E-state index is 15.0. The van der Waals surface area contributed by atoms with Gasteiger partial charge in [-0.15, -0.1) is 0 Å². The highest BCUT2D eigenvalue weighted by Gasteiger charge is 2.56. The molecule has 12 rings (SSSR count). The number of benzene rings is 8. The van der Waals surface area contributed by atoms with Crippen molar-refractivity contribution < 1.29 is 218 Å². The van der Waals surface area contributed by atoms with Crippen molar-refractivity contribution >= 4 is 47.8 Å². The summed E-state index contributed by atoms with van der Waals surface area (Å²) in [5.74, 6) is -50.8. The van der Waals surface area contributed by atoms with E-state index in [1.165, 1.54) is 0 Å². The van der Waals surface area contributed by atoms with E-state index in [0.29, 0.717) is 48.5 Å². The third-order valence-corrected chi connectivity index (χ3v) is 17.4. The minimum absolute atomic E-state index is 0.159. The summed E-state index contributed by atoms with van der Waals surface area (Å²) in [6, 6.07) is 4.24. The number of rotatable bonds is 10. The van der Waals surface area contributed by atoms with E-state index in [9.17, 15) is 166 Å². The molecule has 0 amide bonds. The van der Waals surface area contributed by atoms with E-state index in [-0.39, 0.29) is 18.2 Å². The molecule has 0 aromatic heterocycles. The lowest BCUT2D eigenvalue weighted by molar-refractivity contribution is -0.284. The molecule has 0 saturated carbocycles. The molecule has 10 atom stereocenters. The fraction of sp³-hybridized carbons (Fsp3) is 0.176. The summed E-state index contributed by atoms with van der Waals surface area (Å²) in [6.45, 7) is -2.82. The quantitative estimate of drug-likeness (QED) is 0.0527. The number of carbonyl (C=O) groups is 8. The Kier molecular flexibility index (Phi) is 19.3. The van der Waals surface area contributed by atoms with Crippen molar-refractivity contribution in [1.29, 1.82) is 0 Å². The zero-order valence-electron chi connectivity index (χ0n) is 55.0. The molecule has 2 fully saturated rings. The molecule has 0 radical (unpaired) electrons. The van der Waals surface area contributed by atoms with Gasteiger partial charge in [0.1, 0.15) is 31.0 Å². The van der Waals surface area contributed by atoms with Crippen LogP contribution in [0.5, 0.6) is 144 Å². The first-order chi connectivity index (χ1) is 52.7. The number of esters is 8. The largest absolute Gasteiger partial charge is 0.504 e. The fourth-order valence-corrected chi connectivity index (χ4v) is 11.9. The Labute approximate surface area is 616 Å². The van der Waals surface area contributed by atoms with Gasteiger partial charge in [-0.05, 0) is 54.6 Å². The van der Waals surface area contributed by atoms with Gasteiger partial charge in [0.2, 0.25) is 34.5 Å². The molecule has 6 unspecified atom stereocenters. The molecule has 8 aromatic rings. The number of aromatic hydroxyl groups is 23. The van der Waals surface area contributed by atoms with Crippen molar-refractivity contribution in [3.8, 4) is 166 Å². The SMILES string of the molecule is O=C(OC1[C@H](OC(=O)c2cc(O)c(O)c(O)c2Oc2cc3c(c(O)c2O)-c2c(cc(O)c(O)c2O)C(=O)O[C@@H]2C(COC3=O)OC(O)[C@@H](OC(=O)c3cc(O)c(O)c(O)c3)C2OC(=O)c2cc(O)c(O)c(O)c2)C(O)OC2COC(=O)c3cc(O)c(O)c(O)c3-c3c(cc(O)c(O)c3O)C(=O)O[C@H]21)c1cc(O)c(O)c(O)c1. The number of phenolic OH excluding ortho intramolecular Hbond substituents is 23. The second-order valence-electron chi connectivity index (χ2n) is 24.2. The van der Waals surface area contributed by atoms with Gasteiger partial charge in [0, 0.05) is 34.4 Å². The minimum Gasteiger partial charge on any atom is -0.504 e. The zero-order valence-corrected chi connectivity index (χ0v) is 55.0. The van der Waals surface area contributed by atoms with E-state index in [1.54, 1.807) is 0 Å². The summed E-state index contributed by atoms with van der Waals surface area (Å²) < 4.78 is 61.0. The number of fused-ring (bicyclic) bond motifs is 8. The molecule has 8 aromatic carbocycles. The van der Waals surface area contributed by atoms with Gasteiger partial charge in [0.05, 0.1) is 38.9 Å². The van der Waals surface area contributed by atoms with Gasteiger partial charge in [-0.3, -0.25) is 0 Å². The van der Waals surface area contributed by atoms with E-state index >= 15 is 0 Å².